The molecule has 3 rings (SSSR count). The largest absolute Gasteiger partial charge is 0.322 e. The van der Waals surface area contributed by atoms with Crippen LogP contribution in [0.25, 0.3) is 10.8 Å². The Balaban J connectivity index is 1.99. The molecule has 1 N–H and O–H groups in total. The quantitative estimate of drug-likeness (QED) is 0.678. The van der Waals surface area contributed by atoms with Gasteiger partial charge >= 0.3 is 0 Å². The van der Waals surface area contributed by atoms with Crippen molar-refractivity contribution in [3.63, 3.8) is 0 Å². The molecule has 2 nitrogen and oxygen atoms in total. The summed E-state index contributed by atoms with van der Waals surface area (Å²) in [6, 6.07) is 17.1. The number of hydrogen-bond donors (Lipinski definition) is 1. The number of fused-ring (bicyclic) bond motifs is 1. The number of aryl methyl sites for hydroxylation is 2. The van der Waals surface area contributed by atoms with Gasteiger partial charge in [-0.15, -0.1) is 0 Å². The fourth-order valence-corrected chi connectivity index (χ4v) is 2.72. The number of carbonyl (C=O) groups excluding carboxylic acids is 1. The second-order valence-electron chi connectivity index (χ2n) is 5.39. The van der Waals surface area contributed by atoms with Gasteiger partial charge in [0.1, 0.15) is 0 Å². The molecule has 110 valence electrons. The molecule has 0 heterocycles. The van der Waals surface area contributed by atoms with Gasteiger partial charge in [0.25, 0.3) is 5.91 Å². The van der Waals surface area contributed by atoms with Crippen molar-refractivity contribution >= 4 is 34.0 Å². The molecule has 0 spiro atoms. The van der Waals surface area contributed by atoms with E-state index in [9.17, 15) is 4.79 Å². The van der Waals surface area contributed by atoms with E-state index in [0.717, 1.165) is 22.0 Å². The van der Waals surface area contributed by atoms with Gasteiger partial charge in [0.05, 0.1) is 0 Å². The van der Waals surface area contributed by atoms with Crippen molar-refractivity contribution in [2.24, 2.45) is 0 Å². The van der Waals surface area contributed by atoms with Gasteiger partial charge in [-0.3, -0.25) is 4.79 Å². The van der Waals surface area contributed by atoms with E-state index in [1.807, 2.05) is 68.4 Å². The molecular weight excluding hydrogens is 294 g/mol. The van der Waals surface area contributed by atoms with Gasteiger partial charge in [0.2, 0.25) is 0 Å². The van der Waals surface area contributed by atoms with Gasteiger partial charge in [-0.25, -0.2) is 0 Å². The summed E-state index contributed by atoms with van der Waals surface area (Å²) in [5, 5.41) is 5.35. The van der Waals surface area contributed by atoms with E-state index in [1.165, 1.54) is 5.56 Å². The molecule has 0 radical (unpaired) electrons. The van der Waals surface area contributed by atoms with E-state index in [1.54, 1.807) is 0 Å². The Morgan fingerprint density at radius 2 is 1.64 bits per heavy atom. The molecule has 0 aromatic heterocycles. The molecule has 0 aliphatic carbocycles. The van der Waals surface area contributed by atoms with E-state index in [0.29, 0.717) is 10.6 Å². The summed E-state index contributed by atoms with van der Waals surface area (Å²) in [6.45, 7) is 4.08. The van der Waals surface area contributed by atoms with E-state index in [-0.39, 0.29) is 5.91 Å². The lowest BCUT2D eigenvalue weighted by Gasteiger charge is -2.10. The van der Waals surface area contributed by atoms with E-state index < -0.39 is 0 Å². The van der Waals surface area contributed by atoms with Crippen molar-refractivity contribution in [1.29, 1.82) is 0 Å². The number of nitrogens with one attached hydrogen (secondary N) is 1. The van der Waals surface area contributed by atoms with Gasteiger partial charge in [0, 0.05) is 21.7 Å². The summed E-state index contributed by atoms with van der Waals surface area (Å²) in [4.78, 5) is 12.6. The minimum Gasteiger partial charge on any atom is -0.322 e. The number of amides is 1. The van der Waals surface area contributed by atoms with Gasteiger partial charge in [-0.05, 0) is 54.6 Å². The molecule has 3 heteroatoms. The maximum atomic E-state index is 12.6. The third-order valence-electron chi connectivity index (χ3n) is 3.88. The molecular formula is C19H16ClNO. The lowest BCUT2D eigenvalue weighted by molar-refractivity contribution is 0.102. The Bertz CT molecular complexity index is 870. The van der Waals surface area contributed by atoms with Gasteiger partial charge in [-0.2, -0.15) is 0 Å². The first kappa shape index (κ1) is 14.6. The first-order valence-electron chi connectivity index (χ1n) is 7.12. The SMILES string of the molecule is Cc1ccc(NC(=O)c2cccc3c(Cl)cccc23)cc1C. The molecule has 0 saturated carbocycles. The highest BCUT2D eigenvalue weighted by Gasteiger charge is 2.11. The smallest absolute Gasteiger partial charge is 0.256 e. The molecule has 22 heavy (non-hydrogen) atoms. The topological polar surface area (TPSA) is 29.1 Å². The average Bonchev–Trinajstić information content (AvgIpc) is 2.51. The zero-order valence-corrected chi connectivity index (χ0v) is 13.2. The Morgan fingerprint density at radius 3 is 2.41 bits per heavy atom. The van der Waals surface area contributed by atoms with Crippen LogP contribution in [-0.2, 0) is 0 Å². The van der Waals surface area contributed by atoms with Crippen LogP contribution < -0.4 is 5.32 Å². The zero-order chi connectivity index (χ0) is 15.7. The molecule has 0 bridgehead atoms. The lowest BCUT2D eigenvalue weighted by Crippen LogP contribution is -2.12. The highest BCUT2D eigenvalue weighted by atomic mass is 35.5. The summed E-state index contributed by atoms with van der Waals surface area (Å²) < 4.78 is 0. The molecule has 0 atom stereocenters. The zero-order valence-electron chi connectivity index (χ0n) is 12.5. The van der Waals surface area contributed by atoms with Crippen molar-refractivity contribution in [2.75, 3.05) is 5.32 Å². The molecule has 1 amide bonds. The fourth-order valence-electron chi connectivity index (χ4n) is 2.49. The van der Waals surface area contributed by atoms with Crippen molar-refractivity contribution in [3.8, 4) is 0 Å². The van der Waals surface area contributed by atoms with Crippen LogP contribution in [0, 0.1) is 13.8 Å². The minimum absolute atomic E-state index is 0.129. The third kappa shape index (κ3) is 2.70. The number of benzene rings is 3. The average molecular weight is 310 g/mol. The van der Waals surface area contributed by atoms with Crippen LogP contribution in [0.3, 0.4) is 0 Å². The predicted octanol–water partition coefficient (Wildman–Crippen LogP) is 5.36. The maximum Gasteiger partial charge on any atom is 0.256 e. The Labute approximate surface area is 134 Å². The molecule has 0 fully saturated rings. The van der Waals surface area contributed by atoms with Crippen LogP contribution >= 0.6 is 11.6 Å². The Morgan fingerprint density at radius 1 is 0.909 bits per heavy atom. The summed E-state index contributed by atoms with van der Waals surface area (Å²) in [7, 11) is 0. The molecule has 0 aliphatic heterocycles. The number of hydrogen-bond acceptors (Lipinski definition) is 1. The lowest BCUT2D eigenvalue weighted by atomic mass is 10.0. The minimum atomic E-state index is -0.129. The second-order valence-corrected chi connectivity index (χ2v) is 5.80. The molecule has 0 aliphatic rings. The number of halogens is 1. The molecule has 3 aromatic rings. The predicted molar refractivity (Wildman–Crippen MR) is 92.8 cm³/mol. The first-order valence-corrected chi connectivity index (χ1v) is 7.50. The van der Waals surface area contributed by atoms with Crippen LogP contribution in [0.5, 0.6) is 0 Å². The Hall–Kier alpha value is -2.32. The monoisotopic (exact) mass is 309 g/mol. The summed E-state index contributed by atoms with van der Waals surface area (Å²) in [5.74, 6) is -0.129. The Kier molecular flexibility index (Phi) is 3.86. The number of carbonyl (C=O) groups is 1. The van der Waals surface area contributed by atoms with Crippen molar-refractivity contribution in [2.45, 2.75) is 13.8 Å². The van der Waals surface area contributed by atoms with Crippen molar-refractivity contribution in [3.05, 3.63) is 76.3 Å². The van der Waals surface area contributed by atoms with Gasteiger partial charge < -0.3 is 5.32 Å². The number of rotatable bonds is 2. The van der Waals surface area contributed by atoms with E-state index in [2.05, 4.69) is 5.32 Å². The normalized spacial score (nSPS) is 10.7. The van der Waals surface area contributed by atoms with E-state index >= 15 is 0 Å². The highest BCUT2D eigenvalue weighted by molar-refractivity contribution is 6.36. The van der Waals surface area contributed by atoms with Crippen LogP contribution in [0.4, 0.5) is 5.69 Å². The maximum absolute atomic E-state index is 12.6. The standard InChI is InChI=1S/C19H16ClNO/c1-12-9-10-14(11-13(12)2)21-19(22)17-7-3-6-16-15(17)5-4-8-18(16)20/h3-11H,1-2H3,(H,21,22). The van der Waals surface area contributed by atoms with E-state index in [4.69, 9.17) is 11.6 Å². The summed E-state index contributed by atoms with van der Waals surface area (Å²) in [6.07, 6.45) is 0. The first-order chi connectivity index (χ1) is 10.6. The van der Waals surface area contributed by atoms with Gasteiger partial charge in [-0.1, -0.05) is 41.9 Å². The second kappa shape index (κ2) is 5.82. The summed E-state index contributed by atoms with van der Waals surface area (Å²) in [5.41, 5.74) is 3.78. The van der Waals surface area contributed by atoms with Crippen LogP contribution in [0.2, 0.25) is 5.02 Å². The molecule has 0 saturated heterocycles. The molecule has 0 unspecified atom stereocenters. The van der Waals surface area contributed by atoms with Crippen LogP contribution in [-0.4, -0.2) is 5.91 Å². The number of anilines is 1. The van der Waals surface area contributed by atoms with Gasteiger partial charge in [0.15, 0.2) is 0 Å². The van der Waals surface area contributed by atoms with Crippen molar-refractivity contribution in [1.82, 2.24) is 0 Å². The molecule has 3 aromatic carbocycles. The van der Waals surface area contributed by atoms with Crippen LogP contribution in [0.1, 0.15) is 21.5 Å². The summed E-state index contributed by atoms with van der Waals surface area (Å²) >= 11 is 6.20. The fraction of sp³-hybridized carbons (Fsp3) is 0.105. The highest BCUT2D eigenvalue weighted by Crippen LogP contribution is 2.26. The van der Waals surface area contributed by atoms with Crippen molar-refractivity contribution < 1.29 is 4.79 Å². The van der Waals surface area contributed by atoms with Crippen LogP contribution in [0.15, 0.2) is 54.6 Å². The third-order valence-corrected chi connectivity index (χ3v) is 4.21.